The number of sulfonamides is 1. The number of carboxylic acid groups (broad SMARTS) is 1. The van der Waals surface area contributed by atoms with Gasteiger partial charge in [-0.3, -0.25) is 4.79 Å². The first-order valence-corrected chi connectivity index (χ1v) is 10.7. The molecule has 0 aromatic heterocycles. The molecule has 1 heterocycles. The number of fused-ring (bicyclic) bond motifs is 2. The van der Waals surface area contributed by atoms with Crippen LogP contribution in [0.4, 0.5) is 0 Å². The Morgan fingerprint density at radius 3 is 2.12 bits per heavy atom. The molecule has 3 rings (SSSR count). The lowest BCUT2D eigenvalue weighted by atomic mass is 10.1. The van der Waals surface area contributed by atoms with Crippen molar-refractivity contribution in [1.82, 2.24) is 4.72 Å². The van der Waals surface area contributed by atoms with Crippen molar-refractivity contribution < 1.29 is 18.3 Å². The lowest BCUT2D eigenvalue weighted by Crippen LogP contribution is -2.44. The molecule has 0 saturated heterocycles. The van der Waals surface area contributed by atoms with Gasteiger partial charge in [0.25, 0.3) is 0 Å². The molecule has 1 atom stereocenters. The maximum Gasteiger partial charge on any atom is 0.322 e. The summed E-state index contributed by atoms with van der Waals surface area (Å²) in [6.07, 6.45) is 0. The van der Waals surface area contributed by atoms with Gasteiger partial charge in [-0.2, -0.15) is 4.72 Å². The van der Waals surface area contributed by atoms with Crippen molar-refractivity contribution in [2.24, 2.45) is 5.92 Å². The highest BCUT2D eigenvalue weighted by Gasteiger charge is 2.29. The monoisotopic (exact) mass is 395 g/mol. The molecule has 2 aromatic carbocycles. The number of benzene rings is 2. The molecule has 8 heteroatoms. The Kier molecular flexibility index (Phi) is 5.15. The molecule has 0 amide bonds. The highest BCUT2D eigenvalue weighted by Crippen LogP contribution is 2.48. The minimum atomic E-state index is -3.91. The minimum Gasteiger partial charge on any atom is -0.480 e. The fourth-order valence-electron chi connectivity index (χ4n) is 2.38. The summed E-state index contributed by atoms with van der Waals surface area (Å²) in [6, 6.07) is 11.7. The molecule has 5 nitrogen and oxygen atoms in total. The van der Waals surface area contributed by atoms with Crippen molar-refractivity contribution in [2.75, 3.05) is 0 Å². The van der Waals surface area contributed by atoms with Gasteiger partial charge in [0, 0.05) is 19.6 Å². The van der Waals surface area contributed by atoms with Crippen LogP contribution in [0, 0.1) is 5.92 Å². The third-order valence-electron chi connectivity index (χ3n) is 3.73. The van der Waals surface area contributed by atoms with Crippen molar-refractivity contribution >= 4 is 39.5 Å². The van der Waals surface area contributed by atoms with Gasteiger partial charge in [-0.1, -0.05) is 49.5 Å². The topological polar surface area (TPSA) is 83.5 Å². The maximum absolute atomic E-state index is 12.6. The summed E-state index contributed by atoms with van der Waals surface area (Å²) < 4.78 is 27.5. The van der Waals surface area contributed by atoms with Gasteiger partial charge in [0.05, 0.1) is 4.90 Å². The molecule has 1 aliphatic rings. The van der Waals surface area contributed by atoms with Crippen LogP contribution in [-0.2, 0) is 14.8 Å². The zero-order valence-electron chi connectivity index (χ0n) is 13.6. The first kappa shape index (κ1) is 18.3. The molecule has 0 bridgehead atoms. The van der Waals surface area contributed by atoms with Gasteiger partial charge < -0.3 is 5.11 Å². The molecule has 1 unspecified atom stereocenters. The standard InChI is InChI=1S/C17H17NO4S3/c1-10(2)16(17(19)20)18-25(21,22)11-7-8-14-15(9-11)24-13-6-4-3-5-12(13)23-14/h3-10,16,18H,1-2H3,(H,19,20). The minimum absolute atomic E-state index is 0.0747. The molecule has 132 valence electrons. The van der Waals surface area contributed by atoms with Crippen LogP contribution in [0.5, 0.6) is 0 Å². The van der Waals surface area contributed by atoms with Crippen LogP contribution < -0.4 is 4.72 Å². The van der Waals surface area contributed by atoms with E-state index < -0.39 is 22.0 Å². The van der Waals surface area contributed by atoms with Crippen LogP contribution in [0.1, 0.15) is 13.8 Å². The summed E-state index contributed by atoms with van der Waals surface area (Å²) in [5.41, 5.74) is 0. The SMILES string of the molecule is CC(C)C(NS(=O)(=O)c1ccc2c(c1)Sc1ccccc1S2)C(=O)O. The van der Waals surface area contributed by atoms with E-state index in [4.69, 9.17) is 0 Å². The number of nitrogens with one attached hydrogen (secondary N) is 1. The number of carbonyl (C=O) groups is 1. The number of hydrogen-bond donors (Lipinski definition) is 2. The molecule has 0 fully saturated rings. The zero-order valence-corrected chi connectivity index (χ0v) is 16.0. The Morgan fingerprint density at radius 2 is 1.56 bits per heavy atom. The predicted octanol–water partition coefficient (Wildman–Crippen LogP) is 3.69. The number of hydrogen-bond acceptors (Lipinski definition) is 5. The van der Waals surface area contributed by atoms with E-state index in [1.807, 2.05) is 24.3 Å². The van der Waals surface area contributed by atoms with Crippen LogP contribution in [0.2, 0.25) is 0 Å². The summed E-state index contributed by atoms with van der Waals surface area (Å²) >= 11 is 3.11. The number of aliphatic carboxylic acids is 1. The van der Waals surface area contributed by atoms with Crippen molar-refractivity contribution in [3.8, 4) is 0 Å². The van der Waals surface area contributed by atoms with Crippen molar-refractivity contribution in [3.63, 3.8) is 0 Å². The second-order valence-corrected chi connectivity index (χ2v) is 9.82. The number of carboxylic acids is 1. The Morgan fingerprint density at radius 1 is 1.00 bits per heavy atom. The summed E-state index contributed by atoms with van der Waals surface area (Å²) in [6.45, 7) is 3.33. The summed E-state index contributed by atoms with van der Waals surface area (Å²) in [7, 11) is -3.91. The first-order valence-electron chi connectivity index (χ1n) is 7.62. The van der Waals surface area contributed by atoms with E-state index >= 15 is 0 Å². The normalized spacial score (nSPS) is 14.7. The molecular formula is C17H17NO4S3. The molecule has 1 aliphatic heterocycles. The van der Waals surface area contributed by atoms with Gasteiger partial charge in [0.15, 0.2) is 0 Å². The molecule has 0 saturated carbocycles. The van der Waals surface area contributed by atoms with Gasteiger partial charge in [0.2, 0.25) is 10.0 Å². The summed E-state index contributed by atoms with van der Waals surface area (Å²) in [5, 5.41) is 9.22. The Labute approximate surface area is 155 Å². The van der Waals surface area contributed by atoms with Gasteiger partial charge in [-0.25, -0.2) is 8.42 Å². The van der Waals surface area contributed by atoms with E-state index in [0.717, 1.165) is 19.6 Å². The Balaban J connectivity index is 1.91. The van der Waals surface area contributed by atoms with E-state index in [1.54, 1.807) is 37.7 Å². The Bertz CT molecular complexity index is 925. The fraction of sp³-hybridized carbons (Fsp3) is 0.235. The highest BCUT2D eigenvalue weighted by atomic mass is 32.2. The lowest BCUT2D eigenvalue weighted by molar-refractivity contribution is -0.140. The van der Waals surface area contributed by atoms with Crippen molar-refractivity contribution in [3.05, 3.63) is 42.5 Å². The van der Waals surface area contributed by atoms with E-state index in [9.17, 15) is 18.3 Å². The van der Waals surface area contributed by atoms with Crippen LogP contribution in [0.15, 0.2) is 66.9 Å². The second kappa shape index (κ2) is 7.03. The van der Waals surface area contributed by atoms with Crippen LogP contribution in [-0.4, -0.2) is 25.5 Å². The molecule has 0 aliphatic carbocycles. The van der Waals surface area contributed by atoms with Gasteiger partial charge in [0.1, 0.15) is 6.04 Å². The van der Waals surface area contributed by atoms with Crippen molar-refractivity contribution in [1.29, 1.82) is 0 Å². The summed E-state index contributed by atoms with van der Waals surface area (Å²) in [5.74, 6) is -1.54. The molecule has 0 spiro atoms. The van der Waals surface area contributed by atoms with E-state index in [1.165, 1.54) is 17.8 Å². The molecule has 0 radical (unpaired) electrons. The van der Waals surface area contributed by atoms with Crippen molar-refractivity contribution in [2.45, 2.75) is 44.4 Å². The average molecular weight is 396 g/mol. The van der Waals surface area contributed by atoms with Gasteiger partial charge >= 0.3 is 5.97 Å². The molecule has 25 heavy (non-hydrogen) atoms. The van der Waals surface area contributed by atoms with Crippen LogP contribution >= 0.6 is 23.5 Å². The third-order valence-corrected chi connectivity index (χ3v) is 7.71. The summed E-state index contributed by atoms with van der Waals surface area (Å²) in [4.78, 5) is 15.4. The first-order chi connectivity index (χ1) is 11.8. The molecule has 2 aromatic rings. The highest BCUT2D eigenvalue weighted by molar-refractivity contribution is 8.05. The van der Waals surface area contributed by atoms with E-state index in [0.29, 0.717) is 0 Å². The Hall–Kier alpha value is -1.48. The lowest BCUT2D eigenvalue weighted by Gasteiger charge is -2.20. The van der Waals surface area contributed by atoms with Gasteiger partial charge in [-0.05, 0) is 36.2 Å². The fourth-order valence-corrected chi connectivity index (χ4v) is 6.07. The van der Waals surface area contributed by atoms with Crippen LogP contribution in [0.3, 0.4) is 0 Å². The largest absolute Gasteiger partial charge is 0.480 e. The van der Waals surface area contributed by atoms with E-state index in [-0.39, 0.29) is 10.8 Å². The zero-order chi connectivity index (χ0) is 18.2. The molecular weight excluding hydrogens is 378 g/mol. The number of rotatable bonds is 5. The van der Waals surface area contributed by atoms with Crippen LogP contribution in [0.25, 0.3) is 0 Å². The maximum atomic E-state index is 12.6. The van der Waals surface area contributed by atoms with E-state index in [2.05, 4.69) is 4.72 Å². The average Bonchev–Trinajstić information content (AvgIpc) is 2.56. The second-order valence-electron chi connectivity index (χ2n) is 5.94. The third kappa shape index (κ3) is 3.87. The predicted molar refractivity (Wildman–Crippen MR) is 97.7 cm³/mol. The quantitative estimate of drug-likeness (QED) is 0.685. The molecule has 2 N–H and O–H groups in total. The smallest absolute Gasteiger partial charge is 0.322 e. The van der Waals surface area contributed by atoms with Gasteiger partial charge in [-0.15, -0.1) is 0 Å².